The highest BCUT2D eigenvalue weighted by Crippen LogP contribution is 2.49. The summed E-state index contributed by atoms with van der Waals surface area (Å²) in [6.45, 7) is 5.52. The third kappa shape index (κ3) is 2.92. The summed E-state index contributed by atoms with van der Waals surface area (Å²) in [4.78, 5) is 0. The van der Waals surface area contributed by atoms with Crippen molar-refractivity contribution >= 4 is 0 Å². The lowest BCUT2D eigenvalue weighted by atomic mass is 9.73. The minimum atomic E-state index is 0.442. The molecule has 5 rings (SSSR count). The number of fused-ring (bicyclic) bond motifs is 6. The molecule has 0 fully saturated rings. The van der Waals surface area contributed by atoms with Gasteiger partial charge in [0, 0.05) is 22.8 Å². The van der Waals surface area contributed by atoms with Crippen LogP contribution in [0.2, 0.25) is 0 Å². The second kappa shape index (κ2) is 6.93. The van der Waals surface area contributed by atoms with E-state index in [9.17, 15) is 0 Å². The molecular weight excluding hydrogens is 358 g/mol. The summed E-state index contributed by atoms with van der Waals surface area (Å²) in [6, 6.07) is 24.8. The zero-order chi connectivity index (χ0) is 20.0. The van der Waals surface area contributed by atoms with Gasteiger partial charge < -0.3 is 14.0 Å². The molecule has 0 unspecified atom stereocenters. The maximum atomic E-state index is 5.54. The lowest BCUT2D eigenvalue weighted by Gasteiger charge is -2.54. The quantitative estimate of drug-likeness (QED) is 0.569. The van der Waals surface area contributed by atoms with E-state index in [1.807, 2.05) is 6.07 Å². The van der Waals surface area contributed by atoms with Crippen LogP contribution in [0.25, 0.3) is 0 Å². The molecule has 2 aliphatic rings. The van der Waals surface area contributed by atoms with Gasteiger partial charge in [0.2, 0.25) is 0 Å². The fourth-order valence-corrected chi connectivity index (χ4v) is 5.57. The molecule has 0 saturated carbocycles. The van der Waals surface area contributed by atoms with E-state index in [-0.39, 0.29) is 0 Å². The van der Waals surface area contributed by atoms with Crippen LogP contribution in [-0.2, 0) is 19.6 Å². The molecule has 0 amide bonds. The molecule has 0 aromatic heterocycles. The molecule has 0 spiro atoms. The van der Waals surface area contributed by atoms with Crippen LogP contribution in [0.5, 0.6) is 11.5 Å². The predicted octanol–water partition coefficient (Wildman–Crippen LogP) is 5.27. The number of quaternary nitrogens is 1. The van der Waals surface area contributed by atoms with E-state index in [0.717, 1.165) is 35.6 Å². The lowest BCUT2D eigenvalue weighted by Crippen LogP contribution is -2.59. The number of nitrogens with zero attached hydrogens (tertiary/aromatic N) is 1. The highest BCUT2D eigenvalue weighted by molar-refractivity contribution is 5.45. The van der Waals surface area contributed by atoms with Gasteiger partial charge in [0.1, 0.15) is 31.1 Å². The van der Waals surface area contributed by atoms with E-state index in [4.69, 9.17) is 9.47 Å². The van der Waals surface area contributed by atoms with Crippen LogP contribution in [-0.4, -0.2) is 24.7 Å². The van der Waals surface area contributed by atoms with Crippen molar-refractivity contribution < 1.29 is 14.0 Å². The Morgan fingerprint density at radius 1 is 0.793 bits per heavy atom. The normalized spacial score (nSPS) is 24.4. The van der Waals surface area contributed by atoms with Crippen LogP contribution in [0.4, 0.5) is 0 Å². The van der Waals surface area contributed by atoms with Crippen molar-refractivity contribution in [2.75, 3.05) is 14.2 Å². The minimum Gasteiger partial charge on any atom is -0.497 e. The molecule has 2 aliphatic heterocycles. The fourth-order valence-electron chi connectivity index (χ4n) is 5.57. The molecule has 29 heavy (non-hydrogen) atoms. The van der Waals surface area contributed by atoms with E-state index >= 15 is 0 Å². The van der Waals surface area contributed by atoms with Gasteiger partial charge in [0.05, 0.1) is 26.2 Å². The first kappa shape index (κ1) is 18.3. The zero-order valence-electron chi connectivity index (χ0n) is 17.4. The monoisotopic (exact) mass is 386 g/mol. The van der Waals surface area contributed by atoms with Crippen molar-refractivity contribution in [2.45, 2.75) is 38.5 Å². The number of hydrogen-bond donors (Lipinski definition) is 0. The molecule has 0 aliphatic carbocycles. The molecule has 3 aromatic rings. The Hall–Kier alpha value is -2.78. The van der Waals surface area contributed by atoms with Crippen LogP contribution in [0.1, 0.15) is 40.7 Å². The van der Waals surface area contributed by atoms with Gasteiger partial charge in [0.15, 0.2) is 0 Å². The third-order valence-corrected chi connectivity index (χ3v) is 7.01. The lowest BCUT2D eigenvalue weighted by molar-refractivity contribution is -0.991. The minimum absolute atomic E-state index is 0.442. The second-order valence-corrected chi connectivity index (χ2v) is 8.53. The van der Waals surface area contributed by atoms with Crippen LogP contribution in [0, 0.1) is 0 Å². The average molecular weight is 387 g/mol. The van der Waals surface area contributed by atoms with Crippen LogP contribution in [0.3, 0.4) is 0 Å². The Morgan fingerprint density at radius 3 is 1.83 bits per heavy atom. The Labute approximate surface area is 173 Å². The Morgan fingerprint density at radius 2 is 1.31 bits per heavy atom. The van der Waals surface area contributed by atoms with E-state index in [1.165, 1.54) is 27.8 Å². The smallest absolute Gasteiger partial charge is 0.123 e. The van der Waals surface area contributed by atoms with Gasteiger partial charge in [-0.25, -0.2) is 0 Å². The molecule has 2 heterocycles. The molecule has 3 heteroatoms. The van der Waals surface area contributed by atoms with Crippen molar-refractivity contribution in [3.63, 3.8) is 0 Å². The van der Waals surface area contributed by atoms with Gasteiger partial charge in [-0.3, -0.25) is 0 Å². The molecule has 0 saturated heterocycles. The maximum absolute atomic E-state index is 5.54. The predicted molar refractivity (Wildman–Crippen MR) is 115 cm³/mol. The maximum Gasteiger partial charge on any atom is 0.123 e. The Balaban J connectivity index is 1.65. The van der Waals surface area contributed by atoms with Crippen LogP contribution < -0.4 is 9.47 Å². The summed E-state index contributed by atoms with van der Waals surface area (Å²) in [5, 5.41) is 0. The first-order chi connectivity index (χ1) is 14.1. The number of rotatable bonds is 4. The molecule has 2 bridgehead atoms. The summed E-state index contributed by atoms with van der Waals surface area (Å²) in [5.74, 6) is 2.16. The summed E-state index contributed by atoms with van der Waals surface area (Å²) in [7, 11) is 3.44. The van der Waals surface area contributed by atoms with E-state index < -0.39 is 0 Å². The molecule has 3 nitrogen and oxygen atoms in total. The molecule has 148 valence electrons. The van der Waals surface area contributed by atoms with E-state index in [1.54, 1.807) is 14.2 Å². The number of hydrogen-bond acceptors (Lipinski definition) is 2. The molecule has 0 radical (unpaired) electrons. The van der Waals surface area contributed by atoms with Crippen molar-refractivity contribution in [3.8, 4) is 11.5 Å². The number of ether oxygens (including phenoxy) is 2. The highest BCUT2D eigenvalue weighted by atomic mass is 16.5. The van der Waals surface area contributed by atoms with Gasteiger partial charge in [-0.1, -0.05) is 48.5 Å². The summed E-state index contributed by atoms with van der Waals surface area (Å²) in [6.07, 6.45) is 0. The van der Waals surface area contributed by atoms with Gasteiger partial charge in [-0.2, -0.15) is 0 Å². The van der Waals surface area contributed by atoms with Crippen molar-refractivity contribution in [2.24, 2.45) is 0 Å². The van der Waals surface area contributed by atoms with E-state index in [0.29, 0.717) is 12.0 Å². The molecule has 0 N–H and O–H groups in total. The summed E-state index contributed by atoms with van der Waals surface area (Å²) < 4.78 is 12.1. The van der Waals surface area contributed by atoms with Gasteiger partial charge >= 0.3 is 0 Å². The highest BCUT2D eigenvalue weighted by Gasteiger charge is 2.49. The average Bonchev–Trinajstić information content (AvgIpc) is 2.74. The first-order valence-corrected chi connectivity index (χ1v) is 10.4. The Bertz CT molecular complexity index is 986. The van der Waals surface area contributed by atoms with E-state index in [2.05, 4.69) is 67.6 Å². The summed E-state index contributed by atoms with van der Waals surface area (Å²) in [5.41, 5.74) is 7.25. The first-order valence-electron chi connectivity index (χ1n) is 10.4. The second-order valence-electron chi connectivity index (χ2n) is 8.53. The Kier molecular flexibility index (Phi) is 4.36. The van der Waals surface area contributed by atoms with Gasteiger partial charge in [0.25, 0.3) is 0 Å². The number of benzene rings is 3. The zero-order valence-corrected chi connectivity index (χ0v) is 17.4. The van der Waals surface area contributed by atoms with Crippen LogP contribution in [0.15, 0.2) is 66.7 Å². The SMILES string of the molecule is COc1cc(C[N+]23Cc4ccccc4C(c4ccccc4C2)[C@@H]3C)cc(OC)c1. The largest absolute Gasteiger partial charge is 0.497 e. The molecule has 1 atom stereocenters. The fraction of sp³-hybridized carbons (Fsp3) is 0.308. The summed E-state index contributed by atoms with van der Waals surface area (Å²) >= 11 is 0. The standard InChI is InChI=1S/C26H28NO2/c1-18-26-24-10-6-4-8-20(24)16-27(18,17-21-9-5-7-11-25(21)26)15-19-12-22(28-2)14-23(13-19)29-3/h4-14,18,26H,15-17H2,1-3H3/q+1/t18-,26?,27?/m0/s1. The van der Waals surface area contributed by atoms with Crippen molar-refractivity contribution in [3.05, 3.63) is 94.5 Å². The topological polar surface area (TPSA) is 18.5 Å². The molecule has 3 aromatic carbocycles. The van der Waals surface area contributed by atoms with Crippen LogP contribution >= 0.6 is 0 Å². The van der Waals surface area contributed by atoms with Crippen molar-refractivity contribution in [1.29, 1.82) is 0 Å². The van der Waals surface area contributed by atoms with Gasteiger partial charge in [-0.15, -0.1) is 0 Å². The van der Waals surface area contributed by atoms with Crippen molar-refractivity contribution in [1.82, 2.24) is 0 Å². The third-order valence-electron chi connectivity index (χ3n) is 7.01. The molecular formula is C26H28NO2+. The number of methoxy groups -OCH3 is 2. The van der Waals surface area contributed by atoms with Gasteiger partial charge in [-0.05, 0) is 30.2 Å².